The first-order valence-electron chi connectivity index (χ1n) is 7.70. The van der Waals surface area contributed by atoms with E-state index in [1.807, 2.05) is 62.4 Å². The number of hydrogen-bond acceptors (Lipinski definition) is 5. The van der Waals surface area contributed by atoms with E-state index in [1.165, 1.54) is 0 Å². The van der Waals surface area contributed by atoms with Crippen molar-refractivity contribution in [3.63, 3.8) is 0 Å². The first kappa shape index (κ1) is 16.2. The number of benzene rings is 1. The predicted molar refractivity (Wildman–Crippen MR) is 98.8 cm³/mol. The largest absolute Gasteiger partial charge is 0.352 e. The fourth-order valence-electron chi connectivity index (χ4n) is 2.19. The van der Waals surface area contributed by atoms with Gasteiger partial charge in [0.1, 0.15) is 5.82 Å². The predicted octanol–water partition coefficient (Wildman–Crippen LogP) is 4.76. The van der Waals surface area contributed by atoms with Crippen LogP contribution in [-0.2, 0) is 0 Å². The zero-order valence-corrected chi connectivity index (χ0v) is 14.2. The maximum atomic E-state index is 6.04. The van der Waals surface area contributed by atoms with Crippen molar-refractivity contribution >= 4 is 29.1 Å². The SMILES string of the molecule is CC(C)Nc1nc(Nc2cccc(Cl)c2)cc(-c2ccccn2)n1. The molecule has 0 aliphatic heterocycles. The smallest absolute Gasteiger partial charge is 0.225 e. The van der Waals surface area contributed by atoms with E-state index in [2.05, 4.69) is 25.6 Å². The third kappa shape index (κ3) is 4.20. The molecular formula is C18H18ClN5. The van der Waals surface area contributed by atoms with Gasteiger partial charge in [0.15, 0.2) is 0 Å². The third-order valence-electron chi connectivity index (χ3n) is 3.17. The van der Waals surface area contributed by atoms with Gasteiger partial charge in [-0.2, -0.15) is 4.98 Å². The highest BCUT2D eigenvalue weighted by Gasteiger charge is 2.09. The van der Waals surface area contributed by atoms with Crippen molar-refractivity contribution in [2.45, 2.75) is 19.9 Å². The minimum Gasteiger partial charge on any atom is -0.352 e. The molecule has 3 rings (SSSR count). The molecule has 2 aromatic heterocycles. The van der Waals surface area contributed by atoms with Gasteiger partial charge in [0.25, 0.3) is 0 Å². The highest BCUT2D eigenvalue weighted by Crippen LogP contribution is 2.24. The van der Waals surface area contributed by atoms with Crippen molar-refractivity contribution in [2.24, 2.45) is 0 Å². The van der Waals surface area contributed by atoms with E-state index in [-0.39, 0.29) is 6.04 Å². The molecule has 0 atom stereocenters. The standard InChI is InChI=1S/C18H18ClN5/c1-12(2)21-18-23-16(15-8-3-4-9-20-15)11-17(24-18)22-14-7-5-6-13(19)10-14/h3-12H,1-2H3,(H2,21,22,23,24). The molecular weight excluding hydrogens is 322 g/mol. The van der Waals surface area contributed by atoms with Crippen LogP contribution in [0.1, 0.15) is 13.8 Å². The number of hydrogen-bond donors (Lipinski definition) is 2. The molecule has 6 heteroatoms. The van der Waals surface area contributed by atoms with Gasteiger partial charge >= 0.3 is 0 Å². The lowest BCUT2D eigenvalue weighted by molar-refractivity contribution is 0.875. The Morgan fingerprint density at radius 2 is 1.83 bits per heavy atom. The molecule has 0 saturated carbocycles. The summed E-state index contributed by atoms with van der Waals surface area (Å²) in [7, 11) is 0. The lowest BCUT2D eigenvalue weighted by atomic mass is 10.2. The molecule has 0 amide bonds. The Hall–Kier alpha value is -2.66. The second kappa shape index (κ2) is 7.27. The highest BCUT2D eigenvalue weighted by molar-refractivity contribution is 6.30. The first-order valence-corrected chi connectivity index (χ1v) is 8.07. The molecule has 0 bridgehead atoms. The van der Waals surface area contributed by atoms with Crippen LogP contribution in [0.5, 0.6) is 0 Å². The molecule has 0 aliphatic rings. The molecule has 2 heterocycles. The molecule has 1 aromatic carbocycles. The molecule has 0 radical (unpaired) electrons. The van der Waals surface area contributed by atoms with Crippen LogP contribution in [0.2, 0.25) is 5.02 Å². The van der Waals surface area contributed by atoms with E-state index in [9.17, 15) is 0 Å². The summed E-state index contributed by atoms with van der Waals surface area (Å²) in [5.41, 5.74) is 2.41. The Bertz CT molecular complexity index is 821. The monoisotopic (exact) mass is 339 g/mol. The molecule has 24 heavy (non-hydrogen) atoms. The van der Waals surface area contributed by atoms with Gasteiger partial charge in [-0.25, -0.2) is 4.98 Å². The summed E-state index contributed by atoms with van der Waals surface area (Å²) < 4.78 is 0. The van der Waals surface area contributed by atoms with Crippen LogP contribution in [0.4, 0.5) is 17.5 Å². The summed E-state index contributed by atoms with van der Waals surface area (Å²) in [5, 5.41) is 7.17. The highest BCUT2D eigenvalue weighted by atomic mass is 35.5. The molecule has 0 aliphatic carbocycles. The van der Waals surface area contributed by atoms with E-state index in [0.29, 0.717) is 16.8 Å². The topological polar surface area (TPSA) is 62.7 Å². The van der Waals surface area contributed by atoms with Crippen LogP contribution in [0, 0.1) is 0 Å². The van der Waals surface area contributed by atoms with Crippen molar-refractivity contribution in [1.82, 2.24) is 15.0 Å². The lowest BCUT2D eigenvalue weighted by Gasteiger charge is -2.13. The van der Waals surface area contributed by atoms with E-state index >= 15 is 0 Å². The van der Waals surface area contributed by atoms with Crippen molar-refractivity contribution in [1.29, 1.82) is 0 Å². The molecule has 0 spiro atoms. The minimum atomic E-state index is 0.225. The summed E-state index contributed by atoms with van der Waals surface area (Å²) in [5.74, 6) is 1.23. The Labute approximate surface area is 146 Å². The van der Waals surface area contributed by atoms with Crippen molar-refractivity contribution in [3.05, 3.63) is 59.8 Å². The quantitative estimate of drug-likeness (QED) is 0.702. The van der Waals surface area contributed by atoms with Crippen molar-refractivity contribution in [2.75, 3.05) is 10.6 Å². The Kier molecular flexibility index (Phi) is 4.91. The summed E-state index contributed by atoms with van der Waals surface area (Å²) in [6.45, 7) is 4.09. The second-order valence-electron chi connectivity index (χ2n) is 5.61. The minimum absolute atomic E-state index is 0.225. The van der Waals surface area contributed by atoms with Gasteiger partial charge in [0.2, 0.25) is 5.95 Å². The zero-order chi connectivity index (χ0) is 16.9. The summed E-state index contributed by atoms with van der Waals surface area (Å²) in [4.78, 5) is 13.4. The average Bonchev–Trinajstić information content (AvgIpc) is 2.55. The first-order chi connectivity index (χ1) is 11.6. The average molecular weight is 340 g/mol. The van der Waals surface area contributed by atoms with Crippen LogP contribution in [0.15, 0.2) is 54.7 Å². The van der Waals surface area contributed by atoms with Gasteiger partial charge in [0.05, 0.1) is 11.4 Å². The maximum Gasteiger partial charge on any atom is 0.225 e. The van der Waals surface area contributed by atoms with Crippen LogP contribution in [0.25, 0.3) is 11.4 Å². The van der Waals surface area contributed by atoms with Gasteiger partial charge in [-0.3, -0.25) is 4.98 Å². The van der Waals surface area contributed by atoms with Gasteiger partial charge < -0.3 is 10.6 Å². The zero-order valence-electron chi connectivity index (χ0n) is 13.5. The maximum absolute atomic E-state index is 6.04. The molecule has 0 unspecified atom stereocenters. The van der Waals surface area contributed by atoms with Gasteiger partial charge in [-0.1, -0.05) is 23.7 Å². The van der Waals surface area contributed by atoms with Crippen molar-refractivity contribution < 1.29 is 0 Å². The molecule has 5 nitrogen and oxygen atoms in total. The van der Waals surface area contributed by atoms with Crippen LogP contribution in [-0.4, -0.2) is 21.0 Å². The molecule has 3 aromatic rings. The van der Waals surface area contributed by atoms with E-state index in [1.54, 1.807) is 6.20 Å². The normalized spacial score (nSPS) is 10.7. The van der Waals surface area contributed by atoms with Crippen LogP contribution < -0.4 is 10.6 Å². The fourth-order valence-corrected chi connectivity index (χ4v) is 2.38. The van der Waals surface area contributed by atoms with Gasteiger partial charge in [-0.05, 0) is 44.2 Å². The van der Waals surface area contributed by atoms with Crippen molar-refractivity contribution in [3.8, 4) is 11.4 Å². The Morgan fingerprint density at radius 1 is 0.958 bits per heavy atom. The summed E-state index contributed by atoms with van der Waals surface area (Å²) >= 11 is 6.04. The fraction of sp³-hybridized carbons (Fsp3) is 0.167. The number of nitrogens with zero attached hydrogens (tertiary/aromatic N) is 3. The van der Waals surface area contributed by atoms with E-state index in [0.717, 1.165) is 17.1 Å². The number of anilines is 3. The Balaban J connectivity index is 1.98. The van der Waals surface area contributed by atoms with Gasteiger partial charge in [0, 0.05) is 29.0 Å². The molecule has 122 valence electrons. The van der Waals surface area contributed by atoms with Gasteiger partial charge in [-0.15, -0.1) is 0 Å². The second-order valence-corrected chi connectivity index (χ2v) is 6.05. The van der Waals surface area contributed by atoms with E-state index < -0.39 is 0 Å². The number of rotatable bonds is 5. The molecule has 2 N–H and O–H groups in total. The number of aromatic nitrogens is 3. The van der Waals surface area contributed by atoms with Crippen LogP contribution >= 0.6 is 11.6 Å². The number of halogens is 1. The van der Waals surface area contributed by atoms with E-state index in [4.69, 9.17) is 11.6 Å². The number of nitrogens with one attached hydrogen (secondary N) is 2. The summed E-state index contributed by atoms with van der Waals surface area (Å²) in [6, 6.07) is 15.3. The molecule has 0 saturated heterocycles. The molecule has 0 fully saturated rings. The Morgan fingerprint density at radius 3 is 2.54 bits per heavy atom. The summed E-state index contributed by atoms with van der Waals surface area (Å²) in [6.07, 6.45) is 1.75. The number of pyridine rings is 1. The van der Waals surface area contributed by atoms with Crippen LogP contribution in [0.3, 0.4) is 0 Å². The third-order valence-corrected chi connectivity index (χ3v) is 3.40. The lowest BCUT2D eigenvalue weighted by Crippen LogP contribution is -2.13.